The average Bonchev–Trinajstić information content (AvgIpc) is 2.63. The third-order valence-electron chi connectivity index (χ3n) is 2.00. The molecule has 0 radical (unpaired) electrons. The van der Waals surface area contributed by atoms with Crippen molar-refractivity contribution in [3.8, 4) is 11.4 Å². The highest BCUT2D eigenvalue weighted by atomic mass is 35.7. The Morgan fingerprint density at radius 2 is 2.06 bits per heavy atom. The highest BCUT2D eigenvalue weighted by molar-refractivity contribution is 8.13. The monoisotopic (exact) mass is 275 g/mol. The molecular formula is C9H7ClFN3O2S. The quantitative estimate of drug-likeness (QED) is 0.849. The predicted octanol–water partition coefficient (Wildman–Crippen LogP) is 1.85. The van der Waals surface area contributed by atoms with E-state index in [1.54, 1.807) is 13.0 Å². The van der Waals surface area contributed by atoms with Crippen molar-refractivity contribution in [3.05, 3.63) is 29.6 Å². The van der Waals surface area contributed by atoms with Gasteiger partial charge in [-0.05, 0) is 30.7 Å². The van der Waals surface area contributed by atoms with Crippen molar-refractivity contribution >= 4 is 19.7 Å². The number of aromatic nitrogens is 3. The Kier molecular flexibility index (Phi) is 2.88. The van der Waals surface area contributed by atoms with Crippen molar-refractivity contribution in [1.29, 1.82) is 0 Å². The van der Waals surface area contributed by atoms with E-state index in [1.165, 1.54) is 12.1 Å². The summed E-state index contributed by atoms with van der Waals surface area (Å²) in [6, 6.07) is 4.19. The van der Waals surface area contributed by atoms with Crippen LogP contribution >= 0.6 is 10.7 Å². The van der Waals surface area contributed by atoms with Gasteiger partial charge in [-0.1, -0.05) is 0 Å². The van der Waals surface area contributed by atoms with E-state index in [2.05, 4.69) is 15.2 Å². The molecule has 5 nitrogen and oxygen atoms in total. The molecule has 0 aliphatic heterocycles. The van der Waals surface area contributed by atoms with Crippen LogP contribution in [0, 0.1) is 12.7 Å². The lowest BCUT2D eigenvalue weighted by Crippen LogP contribution is -1.93. The molecule has 0 amide bonds. The molecule has 0 saturated carbocycles. The summed E-state index contributed by atoms with van der Waals surface area (Å²) in [7, 11) is 1.13. The van der Waals surface area contributed by atoms with Gasteiger partial charge in [0.25, 0.3) is 14.2 Å². The second-order valence-electron chi connectivity index (χ2n) is 3.42. The van der Waals surface area contributed by atoms with E-state index in [0.29, 0.717) is 11.1 Å². The third-order valence-corrected chi connectivity index (χ3v) is 3.08. The number of H-pyrrole nitrogens is 1. The number of aromatic amines is 1. The van der Waals surface area contributed by atoms with E-state index < -0.39 is 20.0 Å². The fourth-order valence-corrected chi connectivity index (χ4v) is 1.91. The maximum Gasteiger partial charge on any atom is 0.296 e. The van der Waals surface area contributed by atoms with Gasteiger partial charge < -0.3 is 0 Å². The van der Waals surface area contributed by atoms with Gasteiger partial charge in [-0.25, -0.2) is 17.9 Å². The van der Waals surface area contributed by atoms with Gasteiger partial charge in [0.15, 0.2) is 5.82 Å². The topological polar surface area (TPSA) is 75.7 Å². The summed E-state index contributed by atoms with van der Waals surface area (Å²) >= 11 is 0. The Bertz CT molecular complexity index is 648. The van der Waals surface area contributed by atoms with E-state index in [1.807, 2.05) is 0 Å². The van der Waals surface area contributed by atoms with Crippen molar-refractivity contribution in [1.82, 2.24) is 15.2 Å². The van der Waals surface area contributed by atoms with Gasteiger partial charge in [-0.3, -0.25) is 0 Å². The molecule has 1 heterocycles. The zero-order valence-electron chi connectivity index (χ0n) is 8.61. The standard InChI is InChI=1S/C9H7ClFN3O2S/c1-5-2-6(4-7(11)3-5)8-12-9(14-13-8)17(10,15)16/h2-4H,1H3,(H,12,13,14). The molecule has 0 bridgehead atoms. The van der Waals surface area contributed by atoms with E-state index in [4.69, 9.17) is 10.7 Å². The van der Waals surface area contributed by atoms with Crippen LogP contribution in [0.25, 0.3) is 11.4 Å². The Morgan fingerprint density at radius 1 is 1.35 bits per heavy atom. The molecule has 2 rings (SSSR count). The highest BCUT2D eigenvalue weighted by Crippen LogP contribution is 2.20. The molecule has 17 heavy (non-hydrogen) atoms. The third kappa shape index (κ3) is 2.62. The molecule has 90 valence electrons. The normalized spacial score (nSPS) is 11.7. The molecule has 0 spiro atoms. The number of hydrogen-bond acceptors (Lipinski definition) is 4. The molecule has 0 aliphatic carbocycles. The molecule has 0 unspecified atom stereocenters. The van der Waals surface area contributed by atoms with E-state index in [0.717, 1.165) is 0 Å². The largest absolute Gasteiger partial charge is 0.296 e. The van der Waals surface area contributed by atoms with Crippen LogP contribution in [0.1, 0.15) is 5.56 Å². The molecular weight excluding hydrogens is 269 g/mol. The predicted molar refractivity (Wildman–Crippen MR) is 59.6 cm³/mol. The van der Waals surface area contributed by atoms with Gasteiger partial charge in [0.1, 0.15) is 5.82 Å². The summed E-state index contributed by atoms with van der Waals surface area (Å²) < 4.78 is 35.1. The van der Waals surface area contributed by atoms with Gasteiger partial charge >= 0.3 is 0 Å². The molecule has 1 N–H and O–H groups in total. The lowest BCUT2D eigenvalue weighted by molar-refractivity contribution is 0.602. The number of aryl methyl sites for hydroxylation is 1. The molecule has 1 aromatic heterocycles. The van der Waals surface area contributed by atoms with Crippen LogP contribution in [-0.4, -0.2) is 23.6 Å². The van der Waals surface area contributed by atoms with Crippen LogP contribution in [0.3, 0.4) is 0 Å². The summed E-state index contributed by atoms with van der Waals surface area (Å²) in [5, 5.41) is 5.39. The first-order chi connectivity index (χ1) is 7.86. The summed E-state index contributed by atoms with van der Waals surface area (Å²) in [6.45, 7) is 1.71. The number of hydrogen-bond donors (Lipinski definition) is 1. The van der Waals surface area contributed by atoms with Crippen molar-refractivity contribution in [2.24, 2.45) is 0 Å². The molecule has 1 aromatic carbocycles. The van der Waals surface area contributed by atoms with Gasteiger partial charge in [-0.2, -0.15) is 10.1 Å². The Morgan fingerprint density at radius 3 is 2.59 bits per heavy atom. The maximum absolute atomic E-state index is 13.1. The molecule has 2 aromatic rings. The van der Waals surface area contributed by atoms with Gasteiger partial charge in [-0.15, -0.1) is 0 Å². The van der Waals surface area contributed by atoms with Crippen molar-refractivity contribution in [2.45, 2.75) is 12.1 Å². The number of nitrogens with one attached hydrogen (secondary N) is 1. The summed E-state index contributed by atoms with van der Waals surface area (Å²) in [5.41, 5.74) is 1.06. The molecule has 8 heteroatoms. The number of benzene rings is 1. The lowest BCUT2D eigenvalue weighted by atomic mass is 10.1. The Labute approximate surface area is 101 Å². The number of halogens is 2. The first-order valence-electron chi connectivity index (χ1n) is 4.51. The van der Waals surface area contributed by atoms with Crippen LogP contribution in [0.2, 0.25) is 0 Å². The van der Waals surface area contributed by atoms with Crippen LogP contribution < -0.4 is 0 Å². The molecule has 0 saturated heterocycles. The first-order valence-corrected chi connectivity index (χ1v) is 6.82. The fourth-order valence-electron chi connectivity index (χ4n) is 1.35. The Balaban J connectivity index is 2.51. The lowest BCUT2D eigenvalue weighted by Gasteiger charge is -1.97. The van der Waals surface area contributed by atoms with E-state index in [9.17, 15) is 12.8 Å². The zero-order valence-corrected chi connectivity index (χ0v) is 10.2. The minimum absolute atomic E-state index is 0.0758. The zero-order chi connectivity index (χ0) is 12.6. The van der Waals surface area contributed by atoms with Crippen LogP contribution in [0.5, 0.6) is 0 Å². The second-order valence-corrected chi connectivity index (χ2v) is 5.90. The molecule has 0 aliphatic rings. The van der Waals surface area contributed by atoms with Gasteiger partial charge in [0.05, 0.1) is 0 Å². The number of rotatable bonds is 2. The minimum atomic E-state index is -3.96. The molecule has 0 fully saturated rings. The summed E-state index contributed by atoms with van der Waals surface area (Å²) in [5.74, 6) is -0.369. The van der Waals surface area contributed by atoms with Crippen molar-refractivity contribution < 1.29 is 12.8 Å². The van der Waals surface area contributed by atoms with Crippen LogP contribution in [0.4, 0.5) is 4.39 Å². The average molecular weight is 276 g/mol. The molecule has 0 atom stereocenters. The van der Waals surface area contributed by atoms with Gasteiger partial charge in [0, 0.05) is 16.2 Å². The summed E-state index contributed by atoms with van der Waals surface area (Å²) in [4.78, 5) is 3.68. The second kappa shape index (κ2) is 4.08. The Hall–Kier alpha value is -1.47. The highest BCUT2D eigenvalue weighted by Gasteiger charge is 2.17. The van der Waals surface area contributed by atoms with Crippen LogP contribution in [-0.2, 0) is 9.05 Å². The van der Waals surface area contributed by atoms with Gasteiger partial charge in [0.2, 0.25) is 0 Å². The van der Waals surface area contributed by atoms with E-state index in [-0.39, 0.29) is 5.82 Å². The maximum atomic E-state index is 13.1. The SMILES string of the molecule is Cc1cc(F)cc(-c2n[nH]c(S(=O)(=O)Cl)n2)c1. The summed E-state index contributed by atoms with van der Waals surface area (Å²) in [6.07, 6.45) is 0. The smallest absolute Gasteiger partial charge is 0.248 e. The fraction of sp³-hybridized carbons (Fsp3) is 0.111. The first kappa shape index (κ1) is 12.0. The van der Waals surface area contributed by atoms with Crippen molar-refractivity contribution in [2.75, 3.05) is 0 Å². The van der Waals surface area contributed by atoms with E-state index >= 15 is 0 Å². The van der Waals surface area contributed by atoms with Crippen molar-refractivity contribution in [3.63, 3.8) is 0 Å². The minimum Gasteiger partial charge on any atom is -0.248 e. The number of nitrogens with zero attached hydrogens (tertiary/aromatic N) is 2. The van der Waals surface area contributed by atoms with Crippen LogP contribution in [0.15, 0.2) is 23.4 Å².